The van der Waals surface area contributed by atoms with Crippen molar-refractivity contribution in [1.82, 2.24) is 9.55 Å². The highest BCUT2D eigenvalue weighted by Gasteiger charge is 2.19. The zero-order valence-corrected chi connectivity index (χ0v) is 17.1. The van der Waals surface area contributed by atoms with Crippen LogP contribution in [-0.2, 0) is 11.1 Å². The van der Waals surface area contributed by atoms with Crippen molar-refractivity contribution < 1.29 is 8.76 Å². The molecular formula is C20H17N3O3S2. The Labute approximate surface area is 169 Å². The molecule has 1 unspecified atom stereocenters. The van der Waals surface area contributed by atoms with E-state index in [1.54, 1.807) is 18.4 Å². The van der Waals surface area contributed by atoms with E-state index in [-0.39, 0.29) is 10.5 Å². The Bertz CT molecular complexity index is 1180. The topological polar surface area (TPSA) is 96.0 Å². The van der Waals surface area contributed by atoms with Gasteiger partial charge in [0.1, 0.15) is 22.5 Å². The van der Waals surface area contributed by atoms with Gasteiger partial charge in [0, 0.05) is 5.56 Å². The Hall–Kier alpha value is -2.73. The first-order chi connectivity index (χ1) is 13.4. The molecule has 0 aliphatic rings. The fourth-order valence-electron chi connectivity index (χ4n) is 2.76. The van der Waals surface area contributed by atoms with Crippen LogP contribution in [0.4, 0.5) is 0 Å². The van der Waals surface area contributed by atoms with Crippen molar-refractivity contribution in [2.24, 2.45) is 0 Å². The first-order valence-corrected chi connectivity index (χ1v) is 10.6. The summed E-state index contributed by atoms with van der Waals surface area (Å²) in [5, 5.41) is 9.83. The highest BCUT2D eigenvalue weighted by Crippen LogP contribution is 2.26. The van der Waals surface area contributed by atoms with Gasteiger partial charge in [-0.3, -0.25) is 9.36 Å². The monoisotopic (exact) mass is 411 g/mol. The lowest BCUT2D eigenvalue weighted by Gasteiger charge is -2.16. The molecule has 0 fully saturated rings. The van der Waals surface area contributed by atoms with Crippen molar-refractivity contribution in [2.75, 3.05) is 6.26 Å². The Morgan fingerprint density at radius 2 is 1.82 bits per heavy atom. The number of nitriles is 1. The molecule has 1 N–H and O–H groups in total. The third-order valence-corrected chi connectivity index (χ3v) is 5.78. The van der Waals surface area contributed by atoms with E-state index in [0.717, 1.165) is 11.1 Å². The highest BCUT2D eigenvalue weighted by atomic mass is 32.2. The van der Waals surface area contributed by atoms with Crippen LogP contribution >= 0.6 is 11.8 Å². The fraction of sp³-hybridized carbons (Fsp3) is 0.150. The zero-order chi connectivity index (χ0) is 20.4. The van der Waals surface area contributed by atoms with E-state index >= 15 is 0 Å². The molecule has 2 aromatic carbocycles. The van der Waals surface area contributed by atoms with Gasteiger partial charge in [0.25, 0.3) is 5.56 Å². The lowest BCUT2D eigenvalue weighted by molar-refractivity contribution is 0.564. The zero-order valence-electron chi connectivity index (χ0n) is 15.5. The van der Waals surface area contributed by atoms with Crippen LogP contribution in [0.25, 0.3) is 17.1 Å². The molecule has 1 heterocycles. The third kappa shape index (κ3) is 3.64. The molecule has 0 saturated heterocycles. The number of hydrogen-bond acceptors (Lipinski definition) is 5. The van der Waals surface area contributed by atoms with E-state index in [1.807, 2.05) is 38.1 Å². The predicted octanol–water partition coefficient (Wildman–Crippen LogP) is 3.69. The first-order valence-electron chi connectivity index (χ1n) is 8.27. The summed E-state index contributed by atoms with van der Waals surface area (Å²) in [6, 6.07) is 13.9. The Morgan fingerprint density at radius 1 is 1.14 bits per heavy atom. The van der Waals surface area contributed by atoms with Crippen molar-refractivity contribution in [2.45, 2.75) is 23.8 Å². The van der Waals surface area contributed by atoms with Crippen molar-refractivity contribution in [3.8, 4) is 23.1 Å². The Balaban J connectivity index is 2.35. The van der Waals surface area contributed by atoms with Crippen LogP contribution < -0.4 is 5.56 Å². The largest absolute Gasteiger partial charge is 0.302 e. The van der Waals surface area contributed by atoms with Crippen LogP contribution in [0.5, 0.6) is 0 Å². The van der Waals surface area contributed by atoms with Gasteiger partial charge >= 0.3 is 0 Å². The molecule has 28 heavy (non-hydrogen) atoms. The molecule has 0 amide bonds. The van der Waals surface area contributed by atoms with E-state index < -0.39 is 16.6 Å². The number of rotatable bonds is 4. The van der Waals surface area contributed by atoms with Gasteiger partial charge in [-0.25, -0.2) is 9.19 Å². The van der Waals surface area contributed by atoms with E-state index in [9.17, 15) is 18.8 Å². The maximum atomic E-state index is 13.1. The Morgan fingerprint density at radius 3 is 2.36 bits per heavy atom. The van der Waals surface area contributed by atoms with Crippen LogP contribution in [0.1, 0.15) is 16.7 Å². The summed E-state index contributed by atoms with van der Waals surface area (Å²) >= 11 is -0.867. The van der Waals surface area contributed by atoms with E-state index in [4.69, 9.17) is 0 Å². The second-order valence-corrected chi connectivity index (χ2v) is 7.88. The molecule has 0 radical (unpaired) electrons. The summed E-state index contributed by atoms with van der Waals surface area (Å²) in [7, 11) is 0. The van der Waals surface area contributed by atoms with Gasteiger partial charge in [-0.2, -0.15) is 5.26 Å². The van der Waals surface area contributed by atoms with Gasteiger partial charge < -0.3 is 4.55 Å². The molecule has 142 valence electrons. The Kier molecular flexibility index (Phi) is 5.79. The average molecular weight is 412 g/mol. The van der Waals surface area contributed by atoms with Gasteiger partial charge in [0.2, 0.25) is 0 Å². The summed E-state index contributed by atoms with van der Waals surface area (Å²) < 4.78 is 21.9. The standard InChI is InChI=1S/C20H17N3O3S2/c1-12-4-7-15(10-13(12)2)23-18(14-5-8-16(9-6-14)28(25)26)22-19(27-3)17(11-21)20(23)24/h4-10H,1-3H3,(H,25,26). The van der Waals surface area contributed by atoms with Crippen molar-refractivity contribution in [1.29, 1.82) is 5.26 Å². The minimum absolute atomic E-state index is 0.0115. The molecule has 3 rings (SSSR count). The number of benzene rings is 2. The molecular weight excluding hydrogens is 394 g/mol. The summed E-state index contributed by atoms with van der Waals surface area (Å²) in [5.41, 5.74) is 2.84. The van der Waals surface area contributed by atoms with Gasteiger partial charge in [-0.1, -0.05) is 6.07 Å². The molecule has 6 nitrogen and oxygen atoms in total. The maximum Gasteiger partial charge on any atom is 0.277 e. The number of aryl methyl sites for hydroxylation is 2. The molecule has 0 saturated carbocycles. The average Bonchev–Trinajstić information content (AvgIpc) is 2.69. The van der Waals surface area contributed by atoms with E-state index in [1.165, 1.54) is 28.5 Å². The normalized spacial score (nSPS) is 11.8. The van der Waals surface area contributed by atoms with Gasteiger partial charge in [0.15, 0.2) is 11.1 Å². The van der Waals surface area contributed by atoms with Crippen LogP contribution in [0, 0.1) is 25.2 Å². The van der Waals surface area contributed by atoms with Crippen LogP contribution in [0.3, 0.4) is 0 Å². The summed E-state index contributed by atoms with van der Waals surface area (Å²) in [5.74, 6) is 0.367. The second-order valence-electron chi connectivity index (χ2n) is 6.11. The lowest BCUT2D eigenvalue weighted by Crippen LogP contribution is -2.25. The van der Waals surface area contributed by atoms with Crippen molar-refractivity contribution in [3.05, 3.63) is 69.5 Å². The minimum atomic E-state index is -2.09. The molecule has 0 aliphatic heterocycles. The second kappa shape index (κ2) is 8.10. The molecule has 3 aromatic rings. The number of aromatic nitrogens is 2. The lowest BCUT2D eigenvalue weighted by atomic mass is 10.1. The van der Waals surface area contributed by atoms with Gasteiger partial charge in [-0.05, 0) is 67.6 Å². The number of thioether (sulfide) groups is 1. The number of hydrogen-bond donors (Lipinski definition) is 1. The van der Waals surface area contributed by atoms with E-state index in [0.29, 0.717) is 22.1 Å². The first kappa shape index (κ1) is 20.0. The van der Waals surface area contributed by atoms with E-state index in [2.05, 4.69) is 4.98 Å². The number of nitrogens with zero attached hydrogens (tertiary/aromatic N) is 3. The summed E-state index contributed by atoms with van der Waals surface area (Å²) in [4.78, 5) is 18.0. The van der Waals surface area contributed by atoms with Gasteiger partial charge in [0.05, 0.1) is 10.6 Å². The highest BCUT2D eigenvalue weighted by molar-refractivity contribution is 7.98. The predicted molar refractivity (Wildman–Crippen MR) is 110 cm³/mol. The molecule has 1 aromatic heterocycles. The molecule has 0 bridgehead atoms. The maximum absolute atomic E-state index is 13.1. The van der Waals surface area contributed by atoms with Crippen LogP contribution in [0.2, 0.25) is 0 Å². The minimum Gasteiger partial charge on any atom is -0.302 e. The van der Waals surface area contributed by atoms with Crippen molar-refractivity contribution >= 4 is 22.8 Å². The smallest absolute Gasteiger partial charge is 0.277 e. The van der Waals surface area contributed by atoms with Crippen LogP contribution in [0.15, 0.2) is 57.2 Å². The molecule has 0 spiro atoms. The summed E-state index contributed by atoms with van der Waals surface area (Å²) in [6.07, 6.45) is 1.75. The quantitative estimate of drug-likeness (QED) is 0.400. The SMILES string of the molecule is CSc1nc(-c2ccc(S(=O)O)cc2)n(-c2ccc(C)c(C)c2)c(=O)c1C#N. The molecule has 8 heteroatoms. The molecule has 0 aliphatic carbocycles. The van der Waals surface area contributed by atoms with Crippen molar-refractivity contribution in [3.63, 3.8) is 0 Å². The summed E-state index contributed by atoms with van der Waals surface area (Å²) in [6.45, 7) is 3.93. The molecule has 1 atom stereocenters. The van der Waals surface area contributed by atoms with Crippen LogP contribution in [-0.4, -0.2) is 24.6 Å². The third-order valence-electron chi connectivity index (χ3n) is 4.42. The van der Waals surface area contributed by atoms with Gasteiger partial charge in [-0.15, -0.1) is 11.8 Å². The fourth-order valence-corrected chi connectivity index (χ4v) is 3.65.